The Kier molecular flexibility index (Phi) is 3.72. The van der Waals surface area contributed by atoms with Crippen molar-refractivity contribution >= 4 is 5.65 Å². The van der Waals surface area contributed by atoms with Crippen LogP contribution >= 0.6 is 0 Å². The summed E-state index contributed by atoms with van der Waals surface area (Å²) >= 11 is 0. The van der Waals surface area contributed by atoms with Gasteiger partial charge in [0.05, 0.1) is 5.69 Å². The van der Waals surface area contributed by atoms with Crippen molar-refractivity contribution in [3.8, 4) is 11.5 Å². The molecule has 5 nitrogen and oxygen atoms in total. The first-order valence-corrected chi connectivity index (χ1v) is 7.42. The van der Waals surface area contributed by atoms with Gasteiger partial charge in [0.1, 0.15) is 11.5 Å². The molecule has 0 spiro atoms. The summed E-state index contributed by atoms with van der Waals surface area (Å²) in [6.45, 7) is 0. The lowest BCUT2D eigenvalue weighted by Crippen LogP contribution is -1.88. The van der Waals surface area contributed by atoms with Crippen molar-refractivity contribution in [2.45, 2.75) is 12.8 Å². The van der Waals surface area contributed by atoms with Crippen molar-refractivity contribution < 1.29 is 17.6 Å². The lowest BCUT2D eigenvalue weighted by molar-refractivity contribution is 0.116. The van der Waals surface area contributed by atoms with Crippen molar-refractivity contribution in [2.75, 3.05) is 0 Å². The Hall–Kier alpha value is -3.16. The maximum Gasteiger partial charge on any atom is 0.314 e. The highest BCUT2D eigenvalue weighted by molar-refractivity contribution is 5.60. The summed E-state index contributed by atoms with van der Waals surface area (Å²) in [5.74, 6) is -1.01. The van der Waals surface area contributed by atoms with Crippen LogP contribution in [0.4, 0.5) is 13.2 Å². The molecule has 0 atom stereocenters. The summed E-state index contributed by atoms with van der Waals surface area (Å²) in [4.78, 5) is 4.47. The van der Waals surface area contributed by atoms with Gasteiger partial charge >= 0.3 is 6.43 Å². The molecule has 4 aromatic rings. The molecule has 0 aliphatic rings. The fraction of sp³-hybridized carbons (Fsp3) is 0.118. The highest BCUT2D eigenvalue weighted by atomic mass is 19.3. The van der Waals surface area contributed by atoms with E-state index in [9.17, 15) is 13.2 Å². The van der Waals surface area contributed by atoms with Gasteiger partial charge in [-0.2, -0.15) is 8.78 Å². The molecule has 0 bridgehead atoms. The van der Waals surface area contributed by atoms with E-state index < -0.39 is 12.3 Å². The number of nitrogens with zero attached hydrogens (tertiary/aromatic N) is 4. The summed E-state index contributed by atoms with van der Waals surface area (Å²) in [5.41, 5.74) is 2.65. The summed E-state index contributed by atoms with van der Waals surface area (Å²) in [6.07, 6.45) is 1.21. The molecule has 0 aliphatic carbocycles. The molecular weight excluding hydrogens is 333 g/mol. The maximum absolute atomic E-state index is 13.3. The fourth-order valence-electron chi connectivity index (χ4n) is 2.55. The minimum Gasteiger partial charge on any atom is -0.415 e. The predicted octanol–water partition coefficient (Wildman–Crippen LogP) is 4.05. The van der Waals surface area contributed by atoms with E-state index in [4.69, 9.17) is 4.42 Å². The van der Waals surface area contributed by atoms with Crippen LogP contribution in [0, 0.1) is 5.82 Å². The van der Waals surface area contributed by atoms with Crippen molar-refractivity contribution in [2.24, 2.45) is 0 Å². The Morgan fingerprint density at radius 3 is 2.76 bits per heavy atom. The van der Waals surface area contributed by atoms with Crippen LogP contribution in [0.3, 0.4) is 0 Å². The molecule has 0 radical (unpaired) electrons. The average Bonchev–Trinajstić information content (AvgIpc) is 3.20. The molecule has 0 saturated heterocycles. The minimum atomic E-state index is -2.81. The Labute approximate surface area is 139 Å². The van der Waals surface area contributed by atoms with Crippen LogP contribution in [0.1, 0.15) is 23.6 Å². The monoisotopic (exact) mass is 344 g/mol. The van der Waals surface area contributed by atoms with Gasteiger partial charge in [-0.25, -0.2) is 9.37 Å². The van der Waals surface area contributed by atoms with Gasteiger partial charge in [-0.15, -0.1) is 10.2 Å². The van der Waals surface area contributed by atoms with E-state index in [-0.39, 0.29) is 11.7 Å². The lowest BCUT2D eigenvalue weighted by Gasteiger charge is -1.97. The molecule has 0 fully saturated rings. The SMILES string of the molecule is Fc1cccc(Cc2cn3ccc(-c4nnc(C(F)F)o4)cc3n2)c1. The molecule has 1 aromatic carbocycles. The summed E-state index contributed by atoms with van der Waals surface area (Å²) in [6, 6.07) is 9.65. The highest BCUT2D eigenvalue weighted by Gasteiger charge is 2.17. The largest absolute Gasteiger partial charge is 0.415 e. The molecule has 126 valence electrons. The molecule has 3 aromatic heterocycles. The molecule has 0 saturated carbocycles. The number of hydrogen-bond acceptors (Lipinski definition) is 4. The Morgan fingerprint density at radius 1 is 1.12 bits per heavy atom. The zero-order valence-electron chi connectivity index (χ0n) is 12.7. The number of pyridine rings is 1. The summed E-state index contributed by atoms with van der Waals surface area (Å²) in [5, 5.41) is 6.94. The van der Waals surface area contributed by atoms with Crippen LogP contribution in [0.2, 0.25) is 0 Å². The zero-order chi connectivity index (χ0) is 17.4. The number of aromatic nitrogens is 4. The zero-order valence-corrected chi connectivity index (χ0v) is 12.7. The van der Waals surface area contributed by atoms with Crippen LogP contribution < -0.4 is 0 Å². The highest BCUT2D eigenvalue weighted by Crippen LogP contribution is 2.24. The average molecular weight is 344 g/mol. The first-order valence-electron chi connectivity index (χ1n) is 7.42. The van der Waals surface area contributed by atoms with Gasteiger partial charge in [0.15, 0.2) is 0 Å². The molecule has 0 aliphatic heterocycles. The minimum absolute atomic E-state index is 0.00693. The van der Waals surface area contributed by atoms with Crippen LogP contribution in [-0.4, -0.2) is 19.6 Å². The van der Waals surface area contributed by atoms with E-state index in [1.807, 2.05) is 12.3 Å². The molecular formula is C17H11F3N4O. The fourth-order valence-corrected chi connectivity index (χ4v) is 2.55. The van der Waals surface area contributed by atoms with Gasteiger partial charge in [-0.3, -0.25) is 0 Å². The third-order valence-corrected chi connectivity index (χ3v) is 3.66. The van der Waals surface area contributed by atoms with Gasteiger partial charge in [0.2, 0.25) is 5.89 Å². The van der Waals surface area contributed by atoms with Gasteiger partial charge in [-0.1, -0.05) is 12.1 Å². The number of hydrogen-bond donors (Lipinski definition) is 0. The standard InChI is InChI=1S/C17H11F3N4O/c18-12-3-1-2-10(6-12)7-13-9-24-5-4-11(8-14(24)21-13)16-22-23-17(25-16)15(19)20/h1-6,8-9,15H,7H2. The van der Waals surface area contributed by atoms with Gasteiger partial charge in [-0.05, 0) is 29.8 Å². The second-order valence-corrected chi connectivity index (χ2v) is 5.47. The summed E-state index contributed by atoms with van der Waals surface area (Å²) in [7, 11) is 0. The van der Waals surface area contributed by atoms with Crippen molar-refractivity contribution in [1.82, 2.24) is 19.6 Å². The first-order chi connectivity index (χ1) is 12.1. The second-order valence-electron chi connectivity index (χ2n) is 5.47. The quantitative estimate of drug-likeness (QED) is 0.560. The van der Waals surface area contributed by atoms with Crippen LogP contribution in [0.5, 0.6) is 0 Å². The third-order valence-electron chi connectivity index (χ3n) is 3.66. The molecule has 25 heavy (non-hydrogen) atoms. The number of fused-ring (bicyclic) bond motifs is 1. The molecule has 0 unspecified atom stereocenters. The maximum atomic E-state index is 13.3. The van der Waals surface area contributed by atoms with Crippen molar-refractivity contribution in [3.63, 3.8) is 0 Å². The Morgan fingerprint density at radius 2 is 2.00 bits per heavy atom. The smallest absolute Gasteiger partial charge is 0.314 e. The third kappa shape index (κ3) is 3.10. The van der Waals surface area contributed by atoms with E-state index in [1.54, 1.807) is 28.8 Å². The second kappa shape index (κ2) is 6.04. The van der Waals surface area contributed by atoms with Crippen LogP contribution in [-0.2, 0) is 6.42 Å². The van der Waals surface area contributed by atoms with E-state index in [0.717, 1.165) is 11.3 Å². The van der Waals surface area contributed by atoms with Gasteiger partial charge in [0, 0.05) is 24.4 Å². The Bertz CT molecular complexity index is 1040. The van der Waals surface area contributed by atoms with Crippen LogP contribution in [0.15, 0.2) is 53.2 Å². The molecule has 8 heteroatoms. The topological polar surface area (TPSA) is 56.2 Å². The molecule has 0 amide bonds. The van der Waals surface area contributed by atoms with Crippen molar-refractivity contribution in [3.05, 3.63) is 71.8 Å². The first kappa shape index (κ1) is 15.4. The normalized spacial score (nSPS) is 11.5. The summed E-state index contributed by atoms with van der Waals surface area (Å²) < 4.78 is 45.1. The molecule has 3 heterocycles. The molecule has 4 rings (SSSR count). The number of benzene rings is 1. The molecule has 0 N–H and O–H groups in total. The predicted molar refractivity (Wildman–Crippen MR) is 82.6 cm³/mol. The number of alkyl halides is 2. The van der Waals surface area contributed by atoms with Crippen molar-refractivity contribution in [1.29, 1.82) is 0 Å². The van der Waals surface area contributed by atoms with E-state index in [0.29, 0.717) is 17.6 Å². The van der Waals surface area contributed by atoms with Gasteiger partial charge in [0.25, 0.3) is 5.89 Å². The van der Waals surface area contributed by atoms with Gasteiger partial charge < -0.3 is 8.82 Å². The number of imidazole rings is 1. The van der Waals surface area contributed by atoms with E-state index in [2.05, 4.69) is 15.2 Å². The Balaban J connectivity index is 1.64. The van der Waals surface area contributed by atoms with E-state index >= 15 is 0 Å². The van der Waals surface area contributed by atoms with E-state index in [1.165, 1.54) is 12.1 Å². The lowest BCUT2D eigenvalue weighted by atomic mass is 10.1. The number of rotatable bonds is 4. The number of halogens is 3. The van der Waals surface area contributed by atoms with Crippen LogP contribution in [0.25, 0.3) is 17.1 Å².